The van der Waals surface area contributed by atoms with Gasteiger partial charge in [-0.25, -0.2) is 0 Å². The molecule has 112 valence electrons. The molecule has 1 aliphatic rings. The standard InChI is InChI=1S/C18H11NO4/c20-19(21)14-6-2-1-5-13(14)12-9-10-17-18(11-12)23-16-8-4-3-7-15(16)22-17/h1-11H. The molecule has 0 fully saturated rings. The molecule has 0 atom stereocenters. The lowest BCUT2D eigenvalue weighted by atomic mass is 10.0. The quantitative estimate of drug-likeness (QED) is 0.379. The van der Waals surface area contributed by atoms with Gasteiger partial charge in [-0.3, -0.25) is 10.1 Å². The highest BCUT2D eigenvalue weighted by atomic mass is 16.6. The summed E-state index contributed by atoms with van der Waals surface area (Å²) in [6.45, 7) is 0. The maximum atomic E-state index is 11.2. The van der Waals surface area contributed by atoms with Crippen molar-refractivity contribution in [2.45, 2.75) is 0 Å². The summed E-state index contributed by atoms with van der Waals surface area (Å²) in [5.41, 5.74) is 1.31. The van der Waals surface area contributed by atoms with Crippen LogP contribution in [0.5, 0.6) is 23.0 Å². The molecule has 5 heteroatoms. The van der Waals surface area contributed by atoms with Crippen molar-refractivity contribution in [2.75, 3.05) is 0 Å². The van der Waals surface area contributed by atoms with Crippen molar-refractivity contribution < 1.29 is 14.4 Å². The van der Waals surface area contributed by atoms with Crippen LogP contribution in [-0.2, 0) is 0 Å². The summed E-state index contributed by atoms with van der Waals surface area (Å²) in [5, 5.41) is 11.2. The number of hydrogen-bond donors (Lipinski definition) is 0. The van der Waals surface area contributed by atoms with Crippen LogP contribution in [-0.4, -0.2) is 4.92 Å². The fourth-order valence-electron chi connectivity index (χ4n) is 2.57. The second-order valence-corrected chi connectivity index (χ2v) is 5.09. The zero-order chi connectivity index (χ0) is 15.8. The molecule has 3 aromatic carbocycles. The normalized spacial score (nSPS) is 11.7. The first-order chi connectivity index (χ1) is 11.2. The maximum absolute atomic E-state index is 11.2. The lowest BCUT2D eigenvalue weighted by Crippen LogP contribution is -1.99. The van der Waals surface area contributed by atoms with Crippen molar-refractivity contribution in [3.05, 3.63) is 76.8 Å². The SMILES string of the molecule is O=[N+]([O-])c1ccccc1-c1ccc2c(c1)Oc1ccccc1O2. The lowest BCUT2D eigenvalue weighted by Gasteiger charge is -2.20. The van der Waals surface area contributed by atoms with Crippen LogP contribution in [0, 0.1) is 10.1 Å². The van der Waals surface area contributed by atoms with Gasteiger partial charge in [0.2, 0.25) is 0 Å². The molecule has 0 saturated heterocycles. The Morgan fingerprint density at radius 3 is 2.09 bits per heavy atom. The Morgan fingerprint density at radius 2 is 1.35 bits per heavy atom. The summed E-state index contributed by atoms with van der Waals surface area (Å²) >= 11 is 0. The van der Waals surface area contributed by atoms with E-state index in [1.165, 1.54) is 6.07 Å². The number of nitro groups is 1. The fraction of sp³-hybridized carbons (Fsp3) is 0. The van der Waals surface area contributed by atoms with Crippen molar-refractivity contribution in [3.63, 3.8) is 0 Å². The van der Waals surface area contributed by atoms with Crippen molar-refractivity contribution in [3.8, 4) is 34.1 Å². The van der Waals surface area contributed by atoms with E-state index in [0.29, 0.717) is 34.1 Å². The third-order valence-electron chi connectivity index (χ3n) is 3.64. The highest BCUT2D eigenvalue weighted by Gasteiger charge is 2.21. The first-order valence-electron chi connectivity index (χ1n) is 7.05. The third-order valence-corrected chi connectivity index (χ3v) is 3.64. The Balaban J connectivity index is 1.79. The Morgan fingerprint density at radius 1 is 0.739 bits per heavy atom. The van der Waals surface area contributed by atoms with E-state index in [2.05, 4.69) is 0 Å². The van der Waals surface area contributed by atoms with Gasteiger partial charge in [0.05, 0.1) is 10.5 Å². The van der Waals surface area contributed by atoms with Crippen LogP contribution in [0.3, 0.4) is 0 Å². The van der Waals surface area contributed by atoms with Gasteiger partial charge < -0.3 is 9.47 Å². The van der Waals surface area contributed by atoms with Crippen molar-refractivity contribution in [2.24, 2.45) is 0 Å². The summed E-state index contributed by atoms with van der Waals surface area (Å²) in [7, 11) is 0. The monoisotopic (exact) mass is 305 g/mol. The zero-order valence-corrected chi connectivity index (χ0v) is 11.9. The van der Waals surface area contributed by atoms with E-state index in [-0.39, 0.29) is 10.6 Å². The number of nitro benzene ring substituents is 1. The average Bonchev–Trinajstić information content (AvgIpc) is 2.59. The van der Waals surface area contributed by atoms with Gasteiger partial charge in [0.25, 0.3) is 5.69 Å². The van der Waals surface area contributed by atoms with Crippen LogP contribution in [0.4, 0.5) is 5.69 Å². The number of benzene rings is 3. The van der Waals surface area contributed by atoms with E-state index >= 15 is 0 Å². The molecule has 0 amide bonds. The maximum Gasteiger partial charge on any atom is 0.277 e. The number of nitrogens with zero attached hydrogens (tertiary/aromatic N) is 1. The Bertz CT molecular complexity index is 920. The van der Waals surface area contributed by atoms with Gasteiger partial charge in [-0.2, -0.15) is 0 Å². The highest BCUT2D eigenvalue weighted by Crippen LogP contribution is 2.46. The minimum absolute atomic E-state index is 0.0598. The third kappa shape index (κ3) is 2.28. The van der Waals surface area contributed by atoms with Crippen molar-refractivity contribution in [1.29, 1.82) is 0 Å². The lowest BCUT2D eigenvalue weighted by molar-refractivity contribution is -0.384. The van der Waals surface area contributed by atoms with E-state index in [4.69, 9.17) is 9.47 Å². The molecule has 0 radical (unpaired) electrons. The van der Waals surface area contributed by atoms with Gasteiger partial charge in [0.1, 0.15) is 0 Å². The molecule has 0 aliphatic carbocycles. The Labute approximate surface area is 131 Å². The molecule has 0 saturated carbocycles. The van der Waals surface area contributed by atoms with E-state index in [0.717, 1.165) is 0 Å². The number of para-hydroxylation sites is 3. The summed E-state index contributed by atoms with van der Waals surface area (Å²) in [6.07, 6.45) is 0. The second kappa shape index (κ2) is 5.14. The Kier molecular flexibility index (Phi) is 2.98. The summed E-state index contributed by atoms with van der Waals surface area (Å²) < 4.78 is 11.6. The van der Waals surface area contributed by atoms with Crippen LogP contribution in [0.15, 0.2) is 66.7 Å². The van der Waals surface area contributed by atoms with E-state index in [1.807, 2.05) is 24.3 Å². The number of fused-ring (bicyclic) bond motifs is 2. The smallest absolute Gasteiger partial charge is 0.277 e. The second-order valence-electron chi connectivity index (χ2n) is 5.09. The predicted octanol–water partition coefficient (Wildman–Crippen LogP) is 5.16. The summed E-state index contributed by atoms with van der Waals surface area (Å²) in [4.78, 5) is 10.8. The molecule has 3 aromatic rings. The average molecular weight is 305 g/mol. The molecule has 5 nitrogen and oxygen atoms in total. The molecule has 0 bridgehead atoms. The van der Waals surface area contributed by atoms with Gasteiger partial charge in [-0.1, -0.05) is 30.3 Å². The largest absolute Gasteiger partial charge is 0.450 e. The van der Waals surface area contributed by atoms with E-state index in [9.17, 15) is 10.1 Å². The van der Waals surface area contributed by atoms with Crippen LogP contribution < -0.4 is 9.47 Å². The van der Waals surface area contributed by atoms with E-state index < -0.39 is 0 Å². The zero-order valence-electron chi connectivity index (χ0n) is 11.9. The predicted molar refractivity (Wildman–Crippen MR) is 85.1 cm³/mol. The number of rotatable bonds is 2. The number of hydrogen-bond acceptors (Lipinski definition) is 4. The summed E-state index contributed by atoms with van der Waals surface area (Å²) in [5.74, 6) is 2.41. The van der Waals surface area contributed by atoms with Gasteiger partial charge in [0, 0.05) is 6.07 Å². The van der Waals surface area contributed by atoms with Crippen LogP contribution >= 0.6 is 0 Å². The van der Waals surface area contributed by atoms with Gasteiger partial charge >= 0.3 is 0 Å². The molecular weight excluding hydrogens is 294 g/mol. The minimum Gasteiger partial charge on any atom is -0.450 e. The van der Waals surface area contributed by atoms with Gasteiger partial charge in [-0.15, -0.1) is 0 Å². The highest BCUT2D eigenvalue weighted by molar-refractivity contribution is 5.76. The molecule has 0 aromatic heterocycles. The first-order valence-corrected chi connectivity index (χ1v) is 7.05. The summed E-state index contributed by atoms with van der Waals surface area (Å²) in [6, 6.07) is 19.3. The molecular formula is C18H11NO4. The molecule has 0 N–H and O–H groups in total. The van der Waals surface area contributed by atoms with Crippen LogP contribution in [0.1, 0.15) is 0 Å². The van der Waals surface area contributed by atoms with Crippen molar-refractivity contribution >= 4 is 5.69 Å². The molecule has 1 aliphatic heterocycles. The van der Waals surface area contributed by atoms with Crippen molar-refractivity contribution in [1.82, 2.24) is 0 Å². The minimum atomic E-state index is -0.387. The molecule has 1 heterocycles. The Hall–Kier alpha value is -3.34. The van der Waals surface area contributed by atoms with Crippen LogP contribution in [0.25, 0.3) is 11.1 Å². The van der Waals surface area contributed by atoms with Gasteiger partial charge in [-0.05, 0) is 35.9 Å². The molecule has 0 unspecified atom stereocenters. The topological polar surface area (TPSA) is 61.6 Å². The first kappa shape index (κ1) is 13.3. The van der Waals surface area contributed by atoms with Crippen LogP contribution in [0.2, 0.25) is 0 Å². The molecule has 0 spiro atoms. The van der Waals surface area contributed by atoms with Gasteiger partial charge in [0.15, 0.2) is 23.0 Å². The molecule has 23 heavy (non-hydrogen) atoms. The fourth-order valence-corrected chi connectivity index (χ4v) is 2.57. The number of ether oxygens (including phenoxy) is 2. The van der Waals surface area contributed by atoms with E-state index in [1.54, 1.807) is 36.4 Å². The molecule has 4 rings (SSSR count).